The van der Waals surface area contributed by atoms with Crippen LogP contribution in [0.4, 0.5) is 13.2 Å². The molecule has 0 aromatic rings. The van der Waals surface area contributed by atoms with Gasteiger partial charge in [-0.3, -0.25) is 4.79 Å². The van der Waals surface area contributed by atoms with Crippen LogP contribution >= 0.6 is 0 Å². The molecular weight excluding hydrogens is 269 g/mol. The maximum absolute atomic E-state index is 12.7. The fourth-order valence-electron chi connectivity index (χ4n) is 2.30. The molecule has 1 saturated heterocycles. The van der Waals surface area contributed by atoms with Gasteiger partial charge in [-0.2, -0.15) is 13.2 Å². The lowest BCUT2D eigenvalue weighted by molar-refractivity contribution is -0.211. The van der Waals surface area contributed by atoms with Gasteiger partial charge in [-0.25, -0.2) is 0 Å². The summed E-state index contributed by atoms with van der Waals surface area (Å²) >= 11 is 0. The second kappa shape index (κ2) is 6.78. The summed E-state index contributed by atoms with van der Waals surface area (Å²) in [4.78, 5) is 13.8. The van der Waals surface area contributed by atoms with Crippen LogP contribution in [-0.2, 0) is 4.79 Å². The average molecular weight is 294 g/mol. The first-order valence-electron chi connectivity index (χ1n) is 7.26. The van der Waals surface area contributed by atoms with Crippen molar-refractivity contribution in [3.05, 3.63) is 0 Å². The molecule has 118 valence electrons. The molecule has 0 bridgehead atoms. The molecule has 0 aliphatic carbocycles. The molecule has 0 radical (unpaired) electrons. The minimum Gasteiger partial charge on any atom is -0.354 e. The van der Waals surface area contributed by atoms with Crippen LogP contribution in [0.1, 0.15) is 40.0 Å². The summed E-state index contributed by atoms with van der Waals surface area (Å²) in [6.45, 7) is 6.84. The molecule has 1 heterocycles. The van der Waals surface area contributed by atoms with Crippen LogP contribution in [0.25, 0.3) is 0 Å². The Labute approximate surface area is 118 Å². The Morgan fingerprint density at radius 3 is 2.25 bits per heavy atom. The molecule has 1 fully saturated rings. The lowest BCUT2D eigenvalue weighted by atomic mass is 9.91. The number of halogens is 3. The number of carbonyl (C=O) groups excluding carboxylic acids is 1. The Balaban J connectivity index is 2.30. The van der Waals surface area contributed by atoms with Crippen molar-refractivity contribution in [2.24, 2.45) is 11.3 Å². The van der Waals surface area contributed by atoms with Crippen LogP contribution < -0.4 is 5.32 Å². The first-order chi connectivity index (χ1) is 9.18. The van der Waals surface area contributed by atoms with E-state index >= 15 is 0 Å². The number of piperidine rings is 1. The zero-order chi connectivity index (χ0) is 15.4. The van der Waals surface area contributed by atoms with Gasteiger partial charge in [0.05, 0.1) is 0 Å². The van der Waals surface area contributed by atoms with Gasteiger partial charge >= 0.3 is 6.18 Å². The van der Waals surface area contributed by atoms with E-state index in [9.17, 15) is 18.0 Å². The molecule has 1 amide bonds. The van der Waals surface area contributed by atoms with Crippen molar-refractivity contribution in [1.82, 2.24) is 10.2 Å². The summed E-state index contributed by atoms with van der Waals surface area (Å²) in [5.41, 5.74) is -2.33. The molecule has 0 aromatic carbocycles. The summed E-state index contributed by atoms with van der Waals surface area (Å²) in [6, 6.07) is 0. The van der Waals surface area contributed by atoms with Gasteiger partial charge in [0.25, 0.3) is 0 Å². The summed E-state index contributed by atoms with van der Waals surface area (Å²) in [7, 11) is 0. The van der Waals surface area contributed by atoms with Crippen molar-refractivity contribution < 1.29 is 18.0 Å². The maximum Gasteiger partial charge on any atom is 0.402 e. The Hall–Kier alpha value is -0.780. The van der Waals surface area contributed by atoms with Crippen molar-refractivity contribution in [3.8, 4) is 0 Å². The molecule has 0 unspecified atom stereocenters. The van der Waals surface area contributed by atoms with E-state index in [0.29, 0.717) is 6.54 Å². The van der Waals surface area contributed by atoms with E-state index in [-0.39, 0.29) is 6.54 Å². The van der Waals surface area contributed by atoms with E-state index < -0.39 is 17.5 Å². The number of likely N-dealkylation sites (tertiary alicyclic amines) is 1. The first kappa shape index (κ1) is 17.3. The number of alkyl halides is 3. The van der Waals surface area contributed by atoms with Gasteiger partial charge < -0.3 is 10.2 Å². The second-order valence-corrected chi connectivity index (χ2v) is 6.07. The molecule has 0 saturated carbocycles. The molecule has 1 rings (SSSR count). The van der Waals surface area contributed by atoms with E-state index in [2.05, 4.69) is 17.1 Å². The quantitative estimate of drug-likeness (QED) is 0.845. The lowest BCUT2D eigenvalue weighted by Crippen LogP contribution is -2.48. The van der Waals surface area contributed by atoms with E-state index in [4.69, 9.17) is 0 Å². The van der Waals surface area contributed by atoms with Crippen molar-refractivity contribution in [1.29, 1.82) is 0 Å². The molecular formula is C14H25F3N2O. The zero-order valence-electron chi connectivity index (χ0n) is 12.5. The summed E-state index contributed by atoms with van der Waals surface area (Å²) < 4.78 is 38.0. The highest BCUT2D eigenvalue weighted by molar-refractivity contribution is 5.82. The maximum atomic E-state index is 12.7. The molecule has 20 heavy (non-hydrogen) atoms. The van der Waals surface area contributed by atoms with Gasteiger partial charge in [-0.05, 0) is 45.7 Å². The first-order valence-corrected chi connectivity index (χ1v) is 7.26. The average Bonchev–Trinajstić information content (AvgIpc) is 2.38. The molecule has 1 aliphatic heterocycles. The number of hydrogen-bond donors (Lipinski definition) is 1. The van der Waals surface area contributed by atoms with Gasteiger partial charge in [0.15, 0.2) is 0 Å². The molecule has 1 aliphatic rings. The molecule has 1 N–H and O–H groups in total. The lowest BCUT2D eigenvalue weighted by Gasteiger charge is -2.32. The normalized spacial score (nSPS) is 19.1. The highest BCUT2D eigenvalue weighted by Gasteiger charge is 2.52. The fraction of sp³-hybridized carbons (Fsp3) is 0.929. The Bertz CT molecular complexity index is 321. The Kier molecular flexibility index (Phi) is 5.86. The largest absolute Gasteiger partial charge is 0.402 e. The predicted octanol–water partition coefficient (Wildman–Crippen LogP) is 2.81. The van der Waals surface area contributed by atoms with Crippen LogP contribution in [0.15, 0.2) is 0 Å². The van der Waals surface area contributed by atoms with E-state index in [1.807, 2.05) is 0 Å². The Morgan fingerprint density at radius 2 is 1.80 bits per heavy atom. The number of amides is 1. The van der Waals surface area contributed by atoms with Crippen molar-refractivity contribution >= 4 is 5.91 Å². The van der Waals surface area contributed by atoms with Gasteiger partial charge in [-0.1, -0.05) is 13.3 Å². The third kappa shape index (κ3) is 4.36. The van der Waals surface area contributed by atoms with E-state index in [1.54, 1.807) is 0 Å². The van der Waals surface area contributed by atoms with Crippen LogP contribution in [0.3, 0.4) is 0 Å². The van der Waals surface area contributed by atoms with Crippen molar-refractivity contribution in [2.45, 2.75) is 46.2 Å². The van der Waals surface area contributed by atoms with Crippen LogP contribution in [0.2, 0.25) is 0 Å². The van der Waals surface area contributed by atoms with E-state index in [1.165, 1.54) is 6.42 Å². The summed E-state index contributed by atoms with van der Waals surface area (Å²) in [5.74, 6) is -0.182. The third-order valence-corrected chi connectivity index (χ3v) is 4.27. The van der Waals surface area contributed by atoms with E-state index in [0.717, 1.165) is 45.7 Å². The molecule has 0 spiro atoms. The molecule has 6 heteroatoms. The number of nitrogens with zero attached hydrogens (tertiary/aromatic N) is 1. The third-order valence-electron chi connectivity index (χ3n) is 4.27. The summed E-state index contributed by atoms with van der Waals surface area (Å²) in [6.07, 6.45) is -1.06. The Morgan fingerprint density at radius 1 is 1.25 bits per heavy atom. The second-order valence-electron chi connectivity index (χ2n) is 6.07. The predicted molar refractivity (Wildman–Crippen MR) is 72.3 cm³/mol. The number of rotatable bonds is 5. The minimum absolute atomic E-state index is 0.273. The number of nitrogens with one attached hydrogen (secondary N) is 1. The number of carbonyl (C=O) groups is 1. The highest BCUT2D eigenvalue weighted by Crippen LogP contribution is 2.37. The van der Waals surface area contributed by atoms with Crippen LogP contribution in [-0.4, -0.2) is 43.2 Å². The van der Waals surface area contributed by atoms with Gasteiger partial charge in [0, 0.05) is 13.1 Å². The van der Waals surface area contributed by atoms with Crippen LogP contribution in [0.5, 0.6) is 0 Å². The molecule has 0 aromatic heterocycles. The fourth-order valence-corrected chi connectivity index (χ4v) is 2.30. The highest BCUT2D eigenvalue weighted by atomic mass is 19.4. The van der Waals surface area contributed by atoms with Gasteiger partial charge in [-0.15, -0.1) is 0 Å². The molecule has 3 nitrogen and oxygen atoms in total. The van der Waals surface area contributed by atoms with Crippen molar-refractivity contribution in [3.63, 3.8) is 0 Å². The topological polar surface area (TPSA) is 32.3 Å². The smallest absolute Gasteiger partial charge is 0.354 e. The number of hydrogen-bond acceptors (Lipinski definition) is 2. The SMILES string of the molecule is CCC1CCN(CCNC(=O)C(C)(C)C(F)(F)F)CC1. The molecule has 0 atom stereocenters. The monoisotopic (exact) mass is 294 g/mol. The van der Waals surface area contributed by atoms with Crippen LogP contribution in [0, 0.1) is 11.3 Å². The zero-order valence-corrected chi connectivity index (χ0v) is 12.5. The summed E-state index contributed by atoms with van der Waals surface area (Å²) in [5, 5.41) is 2.40. The van der Waals surface area contributed by atoms with Gasteiger partial charge in [0.2, 0.25) is 5.91 Å². The van der Waals surface area contributed by atoms with Crippen molar-refractivity contribution in [2.75, 3.05) is 26.2 Å². The van der Waals surface area contributed by atoms with Gasteiger partial charge in [0.1, 0.15) is 5.41 Å². The standard InChI is InChI=1S/C14H25F3N2O/c1-4-11-5-8-19(9-6-11)10-7-18-12(20)13(2,3)14(15,16)17/h11H,4-10H2,1-3H3,(H,18,20). The minimum atomic E-state index is -4.52.